The molecule has 4 rings (SSSR count). The van der Waals surface area contributed by atoms with Crippen LogP contribution in [0, 0.1) is 6.92 Å². The SMILES string of the molecule is COc1cc(-c2cnn(C)c2)cc([C@@H](C)NC(=O)c2cc(N3CCN(C(=O)OC(C)(C)C)CC3)ccc2C)c1. The fourth-order valence-corrected chi connectivity index (χ4v) is 4.61. The Morgan fingerprint density at radius 1 is 1.03 bits per heavy atom. The third-order valence-electron chi connectivity index (χ3n) is 6.81. The standard InChI is InChI=1S/C30H39N5O4/c1-20-8-9-25(34-10-12-35(13-11-34)29(37)39-30(3,4)5)17-27(20)28(36)32-21(2)22-14-23(16-26(15-22)38-7)24-18-31-33(6)19-24/h8-9,14-19,21H,10-13H2,1-7H3,(H,32,36)/t21-/m1/s1. The first-order valence-corrected chi connectivity index (χ1v) is 13.3. The second-order valence-electron chi connectivity index (χ2n) is 11.0. The summed E-state index contributed by atoms with van der Waals surface area (Å²) in [6.45, 7) is 12.0. The van der Waals surface area contributed by atoms with Gasteiger partial charge in [-0.25, -0.2) is 4.79 Å². The summed E-state index contributed by atoms with van der Waals surface area (Å²) in [5.74, 6) is 0.580. The molecule has 1 N–H and O–H groups in total. The number of aromatic nitrogens is 2. The maximum absolute atomic E-state index is 13.4. The minimum Gasteiger partial charge on any atom is -0.497 e. The van der Waals surface area contributed by atoms with Gasteiger partial charge in [-0.1, -0.05) is 6.07 Å². The highest BCUT2D eigenvalue weighted by molar-refractivity contribution is 5.97. The summed E-state index contributed by atoms with van der Waals surface area (Å²) in [5.41, 5.74) is 4.86. The first-order chi connectivity index (χ1) is 18.4. The molecule has 0 bridgehead atoms. The van der Waals surface area contributed by atoms with Crippen LogP contribution >= 0.6 is 0 Å². The van der Waals surface area contributed by atoms with E-state index < -0.39 is 5.60 Å². The fraction of sp³-hybridized carbons (Fsp3) is 0.433. The third-order valence-corrected chi connectivity index (χ3v) is 6.81. The Balaban J connectivity index is 1.46. The number of aryl methyl sites for hydroxylation is 2. The minimum absolute atomic E-state index is 0.139. The molecule has 1 atom stereocenters. The molecule has 0 aliphatic carbocycles. The Hall–Kier alpha value is -4.01. The quantitative estimate of drug-likeness (QED) is 0.482. The average molecular weight is 534 g/mol. The zero-order valence-corrected chi connectivity index (χ0v) is 23.9. The van der Waals surface area contributed by atoms with Crippen molar-refractivity contribution < 1.29 is 19.1 Å². The van der Waals surface area contributed by atoms with Gasteiger partial charge in [-0.3, -0.25) is 9.48 Å². The van der Waals surface area contributed by atoms with E-state index in [4.69, 9.17) is 9.47 Å². The summed E-state index contributed by atoms with van der Waals surface area (Å²) in [7, 11) is 3.52. The second kappa shape index (κ2) is 11.4. The van der Waals surface area contributed by atoms with E-state index in [1.54, 1.807) is 16.7 Å². The van der Waals surface area contributed by atoms with Gasteiger partial charge in [0.2, 0.25) is 0 Å². The first-order valence-electron chi connectivity index (χ1n) is 13.3. The van der Waals surface area contributed by atoms with Crippen molar-refractivity contribution in [2.24, 2.45) is 7.05 Å². The summed E-state index contributed by atoms with van der Waals surface area (Å²) in [4.78, 5) is 29.8. The van der Waals surface area contributed by atoms with Crippen LogP contribution in [0.5, 0.6) is 5.75 Å². The fourth-order valence-electron chi connectivity index (χ4n) is 4.61. The highest BCUT2D eigenvalue weighted by atomic mass is 16.6. The lowest BCUT2D eigenvalue weighted by atomic mass is 10.0. The summed E-state index contributed by atoms with van der Waals surface area (Å²) < 4.78 is 12.8. The number of hydrogen-bond acceptors (Lipinski definition) is 6. The second-order valence-corrected chi connectivity index (χ2v) is 11.0. The number of nitrogens with zero attached hydrogens (tertiary/aromatic N) is 4. The number of piperazine rings is 1. The van der Waals surface area contributed by atoms with Crippen molar-refractivity contribution >= 4 is 17.7 Å². The number of nitrogens with one attached hydrogen (secondary N) is 1. The molecule has 0 spiro atoms. The molecule has 0 unspecified atom stereocenters. The molecule has 2 heterocycles. The van der Waals surface area contributed by atoms with Crippen molar-refractivity contribution in [3.63, 3.8) is 0 Å². The van der Waals surface area contributed by atoms with Crippen LogP contribution in [0.2, 0.25) is 0 Å². The molecule has 1 saturated heterocycles. The smallest absolute Gasteiger partial charge is 0.410 e. The average Bonchev–Trinajstić information content (AvgIpc) is 3.34. The summed E-state index contributed by atoms with van der Waals surface area (Å²) in [5, 5.41) is 7.43. The van der Waals surface area contributed by atoms with Crippen LogP contribution < -0.4 is 15.0 Å². The monoisotopic (exact) mass is 533 g/mol. The van der Waals surface area contributed by atoms with Gasteiger partial charge in [0.15, 0.2) is 0 Å². The molecule has 0 radical (unpaired) electrons. The first kappa shape index (κ1) is 28.0. The van der Waals surface area contributed by atoms with Gasteiger partial charge in [0.05, 0.1) is 19.3 Å². The number of rotatable bonds is 6. The predicted molar refractivity (Wildman–Crippen MR) is 152 cm³/mol. The molecular formula is C30H39N5O4. The largest absolute Gasteiger partial charge is 0.497 e. The number of carbonyl (C=O) groups is 2. The molecule has 3 aromatic rings. The van der Waals surface area contributed by atoms with Gasteiger partial charge in [0, 0.05) is 56.2 Å². The summed E-state index contributed by atoms with van der Waals surface area (Å²) in [6.07, 6.45) is 3.47. The Bertz CT molecular complexity index is 1340. The van der Waals surface area contributed by atoms with Gasteiger partial charge in [-0.15, -0.1) is 0 Å². The number of benzene rings is 2. The van der Waals surface area contributed by atoms with Crippen LogP contribution in [-0.4, -0.2) is 65.6 Å². The van der Waals surface area contributed by atoms with Crippen molar-refractivity contribution in [2.45, 2.75) is 46.3 Å². The van der Waals surface area contributed by atoms with Crippen LogP contribution in [0.25, 0.3) is 11.1 Å². The molecule has 208 valence electrons. The number of amides is 2. The number of hydrogen-bond donors (Lipinski definition) is 1. The molecule has 2 amide bonds. The van der Waals surface area contributed by atoms with E-state index in [1.807, 2.05) is 84.4 Å². The number of ether oxygens (including phenoxy) is 2. The molecular weight excluding hydrogens is 494 g/mol. The number of methoxy groups -OCH3 is 1. The van der Waals surface area contributed by atoms with E-state index in [9.17, 15) is 9.59 Å². The third kappa shape index (κ3) is 6.90. The molecule has 0 saturated carbocycles. The van der Waals surface area contributed by atoms with E-state index in [2.05, 4.69) is 21.4 Å². The highest BCUT2D eigenvalue weighted by Gasteiger charge is 2.26. The molecule has 9 heteroatoms. The topological polar surface area (TPSA) is 88.9 Å². The van der Waals surface area contributed by atoms with E-state index >= 15 is 0 Å². The normalized spacial score (nSPS) is 14.6. The van der Waals surface area contributed by atoms with Crippen molar-refractivity contribution in [1.82, 2.24) is 20.0 Å². The molecule has 1 fully saturated rings. The zero-order chi connectivity index (χ0) is 28.3. The Labute approximate surface area is 230 Å². The van der Waals surface area contributed by atoms with Crippen LogP contribution in [0.4, 0.5) is 10.5 Å². The summed E-state index contributed by atoms with van der Waals surface area (Å²) in [6, 6.07) is 11.7. The van der Waals surface area contributed by atoms with Crippen molar-refractivity contribution in [3.05, 3.63) is 65.5 Å². The van der Waals surface area contributed by atoms with Crippen LogP contribution in [0.3, 0.4) is 0 Å². The maximum Gasteiger partial charge on any atom is 0.410 e. The lowest BCUT2D eigenvalue weighted by Gasteiger charge is -2.37. The lowest BCUT2D eigenvalue weighted by Crippen LogP contribution is -2.50. The van der Waals surface area contributed by atoms with E-state index in [1.165, 1.54) is 0 Å². The molecule has 2 aromatic carbocycles. The molecule has 1 aliphatic rings. The van der Waals surface area contributed by atoms with Crippen LogP contribution in [0.15, 0.2) is 48.8 Å². The van der Waals surface area contributed by atoms with Gasteiger partial charge in [0.25, 0.3) is 5.91 Å². The number of anilines is 1. The van der Waals surface area contributed by atoms with Gasteiger partial charge >= 0.3 is 6.09 Å². The molecule has 1 aromatic heterocycles. The van der Waals surface area contributed by atoms with E-state index in [0.717, 1.165) is 33.7 Å². The number of carbonyl (C=O) groups excluding carboxylic acids is 2. The summed E-state index contributed by atoms with van der Waals surface area (Å²) >= 11 is 0. The Kier molecular flexibility index (Phi) is 8.18. The highest BCUT2D eigenvalue weighted by Crippen LogP contribution is 2.29. The van der Waals surface area contributed by atoms with Gasteiger partial charge < -0.3 is 24.6 Å². The molecule has 39 heavy (non-hydrogen) atoms. The zero-order valence-electron chi connectivity index (χ0n) is 23.9. The minimum atomic E-state index is -0.518. The molecule has 1 aliphatic heterocycles. The van der Waals surface area contributed by atoms with Gasteiger partial charge in [-0.2, -0.15) is 5.10 Å². The molecule has 9 nitrogen and oxygen atoms in total. The predicted octanol–water partition coefficient (Wildman–Crippen LogP) is 4.95. The van der Waals surface area contributed by atoms with Crippen molar-refractivity contribution in [2.75, 3.05) is 38.2 Å². The maximum atomic E-state index is 13.4. The van der Waals surface area contributed by atoms with E-state index in [-0.39, 0.29) is 18.0 Å². The van der Waals surface area contributed by atoms with E-state index in [0.29, 0.717) is 31.7 Å². The lowest BCUT2D eigenvalue weighted by molar-refractivity contribution is 0.0240. The van der Waals surface area contributed by atoms with Crippen LogP contribution in [0.1, 0.15) is 55.2 Å². The van der Waals surface area contributed by atoms with Gasteiger partial charge in [-0.05, 0) is 81.6 Å². The van der Waals surface area contributed by atoms with Crippen molar-refractivity contribution in [3.8, 4) is 16.9 Å². The van der Waals surface area contributed by atoms with Crippen molar-refractivity contribution in [1.29, 1.82) is 0 Å². The Morgan fingerprint density at radius 3 is 2.36 bits per heavy atom. The van der Waals surface area contributed by atoms with Gasteiger partial charge in [0.1, 0.15) is 11.4 Å². The van der Waals surface area contributed by atoms with Crippen LogP contribution in [-0.2, 0) is 11.8 Å². The Morgan fingerprint density at radius 2 is 1.74 bits per heavy atom.